The molecule has 0 spiro atoms. The Hall–Kier alpha value is -1.89. The first-order valence-electron chi connectivity index (χ1n) is 5.28. The highest BCUT2D eigenvalue weighted by Gasteiger charge is 2.23. The number of carboxylic acids is 1. The lowest BCUT2D eigenvalue weighted by Crippen LogP contribution is -2.38. The molecule has 0 amide bonds. The molecule has 4 heteroatoms. The molecule has 1 aromatic rings. The lowest BCUT2D eigenvalue weighted by Gasteiger charge is -2.32. The van der Waals surface area contributed by atoms with Crippen LogP contribution in [0.15, 0.2) is 16.5 Å². The van der Waals surface area contributed by atoms with Gasteiger partial charge in [0.1, 0.15) is 0 Å². The van der Waals surface area contributed by atoms with Gasteiger partial charge in [-0.1, -0.05) is 5.92 Å². The molecular weight excluding hydrogens is 206 g/mol. The van der Waals surface area contributed by atoms with Crippen molar-refractivity contribution in [3.63, 3.8) is 0 Å². The normalized spacial score (nSPS) is 20.4. The first kappa shape index (κ1) is 10.6. The predicted molar refractivity (Wildman–Crippen MR) is 59.5 cm³/mol. The quantitative estimate of drug-likeness (QED) is 0.772. The van der Waals surface area contributed by atoms with E-state index >= 15 is 0 Å². The number of carboxylic acid groups (broad SMARTS) is 1. The van der Waals surface area contributed by atoms with Crippen LogP contribution < -0.4 is 4.90 Å². The minimum absolute atomic E-state index is 0.0153. The van der Waals surface area contributed by atoms with E-state index in [-0.39, 0.29) is 11.8 Å². The van der Waals surface area contributed by atoms with Crippen LogP contribution in [0, 0.1) is 12.3 Å². The van der Waals surface area contributed by atoms with Gasteiger partial charge in [0.05, 0.1) is 6.04 Å². The summed E-state index contributed by atoms with van der Waals surface area (Å²) in [6.45, 7) is 0.821. The molecule has 2 heterocycles. The van der Waals surface area contributed by atoms with E-state index in [4.69, 9.17) is 15.9 Å². The molecule has 1 aliphatic heterocycles. The van der Waals surface area contributed by atoms with Gasteiger partial charge in [-0.05, 0) is 25.3 Å². The number of piperidine rings is 1. The van der Waals surface area contributed by atoms with Gasteiger partial charge in [-0.25, -0.2) is 4.79 Å². The third-order valence-electron chi connectivity index (χ3n) is 2.78. The third-order valence-corrected chi connectivity index (χ3v) is 2.78. The Balaban J connectivity index is 2.21. The van der Waals surface area contributed by atoms with Gasteiger partial charge in [0.25, 0.3) is 0 Å². The maximum absolute atomic E-state index is 10.7. The maximum atomic E-state index is 10.7. The average Bonchev–Trinajstić information content (AvgIpc) is 2.78. The van der Waals surface area contributed by atoms with Gasteiger partial charge < -0.3 is 14.4 Å². The van der Waals surface area contributed by atoms with Gasteiger partial charge in [-0.15, -0.1) is 6.42 Å². The fourth-order valence-corrected chi connectivity index (χ4v) is 1.97. The van der Waals surface area contributed by atoms with Crippen LogP contribution in [-0.4, -0.2) is 23.7 Å². The molecule has 1 saturated heterocycles. The van der Waals surface area contributed by atoms with Crippen molar-refractivity contribution in [2.24, 2.45) is 0 Å². The van der Waals surface area contributed by atoms with Crippen LogP contribution in [0.3, 0.4) is 0 Å². The summed E-state index contributed by atoms with van der Waals surface area (Å²) < 4.78 is 5.25. The summed E-state index contributed by atoms with van der Waals surface area (Å²) in [6, 6.07) is 3.14. The van der Waals surface area contributed by atoms with Gasteiger partial charge in [-0.3, -0.25) is 0 Å². The smallest absolute Gasteiger partial charge is 0.371 e. The van der Waals surface area contributed by atoms with E-state index < -0.39 is 5.97 Å². The van der Waals surface area contributed by atoms with E-state index in [1.807, 2.05) is 4.90 Å². The Bertz CT molecular complexity index is 430. The molecular formula is C12H13NO3. The number of carbonyl (C=O) groups is 1. The zero-order valence-corrected chi connectivity index (χ0v) is 8.85. The van der Waals surface area contributed by atoms with Crippen molar-refractivity contribution in [2.45, 2.75) is 25.3 Å². The first-order chi connectivity index (χ1) is 7.72. The molecule has 1 atom stereocenters. The Morgan fingerprint density at radius 1 is 1.56 bits per heavy atom. The summed E-state index contributed by atoms with van der Waals surface area (Å²) in [5.74, 6) is 2.16. The fraction of sp³-hybridized carbons (Fsp3) is 0.417. The van der Waals surface area contributed by atoms with Crippen LogP contribution in [-0.2, 0) is 0 Å². The molecule has 1 N–H and O–H groups in total. The largest absolute Gasteiger partial charge is 0.475 e. The number of rotatable bonds is 2. The number of anilines is 1. The van der Waals surface area contributed by atoms with Crippen LogP contribution in [0.4, 0.5) is 5.88 Å². The molecule has 4 nitrogen and oxygen atoms in total. The second-order valence-corrected chi connectivity index (χ2v) is 3.81. The van der Waals surface area contributed by atoms with Gasteiger partial charge in [0.15, 0.2) is 5.88 Å². The van der Waals surface area contributed by atoms with Crippen LogP contribution in [0.1, 0.15) is 29.8 Å². The number of furan rings is 1. The summed E-state index contributed by atoms with van der Waals surface area (Å²) in [5, 5.41) is 8.77. The lowest BCUT2D eigenvalue weighted by atomic mass is 10.0. The molecule has 0 aliphatic carbocycles. The van der Waals surface area contributed by atoms with Crippen LogP contribution in [0.25, 0.3) is 0 Å². The summed E-state index contributed by atoms with van der Waals surface area (Å²) in [5.41, 5.74) is 0. The summed E-state index contributed by atoms with van der Waals surface area (Å²) in [4.78, 5) is 12.6. The van der Waals surface area contributed by atoms with Gasteiger partial charge >= 0.3 is 5.97 Å². The van der Waals surface area contributed by atoms with Crippen molar-refractivity contribution >= 4 is 11.9 Å². The number of nitrogens with zero attached hydrogens (tertiary/aromatic N) is 1. The van der Waals surface area contributed by atoms with E-state index in [1.54, 1.807) is 6.07 Å². The third kappa shape index (κ3) is 1.89. The predicted octanol–water partition coefficient (Wildman–Crippen LogP) is 1.97. The minimum atomic E-state index is -1.06. The van der Waals surface area contributed by atoms with Crippen LogP contribution >= 0.6 is 0 Å². The number of hydrogen-bond acceptors (Lipinski definition) is 3. The van der Waals surface area contributed by atoms with Crippen molar-refractivity contribution in [3.8, 4) is 12.3 Å². The average molecular weight is 219 g/mol. The number of hydrogen-bond donors (Lipinski definition) is 1. The Labute approximate surface area is 93.9 Å². The first-order valence-corrected chi connectivity index (χ1v) is 5.28. The Morgan fingerprint density at radius 3 is 3.00 bits per heavy atom. The summed E-state index contributed by atoms with van der Waals surface area (Å²) >= 11 is 0. The minimum Gasteiger partial charge on any atom is -0.475 e. The zero-order valence-electron chi connectivity index (χ0n) is 8.85. The molecule has 0 bridgehead atoms. The lowest BCUT2D eigenvalue weighted by molar-refractivity contribution is 0.0663. The van der Waals surface area contributed by atoms with Crippen molar-refractivity contribution in [1.29, 1.82) is 0 Å². The van der Waals surface area contributed by atoms with Crippen molar-refractivity contribution in [2.75, 3.05) is 11.4 Å². The monoisotopic (exact) mass is 219 g/mol. The molecule has 1 aliphatic rings. The standard InChI is InChI=1S/C12H13NO3/c1-2-9-5-3-4-8-13(9)11-7-6-10(16-11)12(14)15/h1,6-7,9H,3-5,8H2,(H,14,15). The number of terminal acetylenes is 1. The molecule has 16 heavy (non-hydrogen) atoms. The molecule has 1 aromatic heterocycles. The van der Waals surface area contributed by atoms with E-state index in [2.05, 4.69) is 5.92 Å². The van der Waals surface area contributed by atoms with Crippen molar-refractivity contribution in [1.82, 2.24) is 0 Å². The van der Waals surface area contributed by atoms with E-state index in [1.165, 1.54) is 6.07 Å². The van der Waals surface area contributed by atoms with Gasteiger partial charge in [0.2, 0.25) is 5.76 Å². The SMILES string of the molecule is C#CC1CCCCN1c1ccc(C(=O)O)o1. The topological polar surface area (TPSA) is 53.7 Å². The zero-order chi connectivity index (χ0) is 11.5. The van der Waals surface area contributed by atoms with Crippen molar-refractivity contribution in [3.05, 3.63) is 17.9 Å². The molecule has 1 fully saturated rings. The highest BCUT2D eigenvalue weighted by atomic mass is 16.4. The van der Waals surface area contributed by atoms with Crippen molar-refractivity contribution < 1.29 is 14.3 Å². The van der Waals surface area contributed by atoms with E-state index in [0.717, 1.165) is 25.8 Å². The molecule has 2 rings (SSSR count). The molecule has 0 radical (unpaired) electrons. The van der Waals surface area contributed by atoms with E-state index in [0.29, 0.717) is 5.88 Å². The van der Waals surface area contributed by atoms with Crippen LogP contribution in [0.5, 0.6) is 0 Å². The Morgan fingerprint density at radius 2 is 2.38 bits per heavy atom. The van der Waals surface area contributed by atoms with Gasteiger partial charge in [0, 0.05) is 12.6 Å². The molecule has 1 unspecified atom stereocenters. The van der Waals surface area contributed by atoms with E-state index in [9.17, 15) is 4.79 Å². The summed E-state index contributed by atoms with van der Waals surface area (Å²) in [6.07, 6.45) is 8.54. The summed E-state index contributed by atoms with van der Waals surface area (Å²) in [7, 11) is 0. The molecule has 0 saturated carbocycles. The molecule has 84 valence electrons. The molecule has 0 aromatic carbocycles. The highest BCUT2D eigenvalue weighted by molar-refractivity contribution is 5.84. The van der Waals surface area contributed by atoms with Crippen LogP contribution in [0.2, 0.25) is 0 Å². The fourth-order valence-electron chi connectivity index (χ4n) is 1.97. The number of aromatic carboxylic acids is 1. The Kier molecular flexibility index (Phi) is 2.86. The highest BCUT2D eigenvalue weighted by Crippen LogP contribution is 2.26. The van der Waals surface area contributed by atoms with Gasteiger partial charge in [-0.2, -0.15) is 0 Å². The second-order valence-electron chi connectivity index (χ2n) is 3.81. The maximum Gasteiger partial charge on any atom is 0.371 e. The second kappa shape index (κ2) is 4.31.